The lowest BCUT2D eigenvalue weighted by Crippen LogP contribution is -2.37. The molecular weight excluding hydrogens is 468 g/mol. The van der Waals surface area contributed by atoms with E-state index in [1.165, 1.54) is 4.90 Å². The van der Waals surface area contributed by atoms with E-state index in [1.807, 2.05) is 80.6 Å². The molecule has 2 saturated heterocycles. The van der Waals surface area contributed by atoms with E-state index >= 15 is 0 Å². The molecule has 2 fully saturated rings. The third-order valence-corrected chi connectivity index (χ3v) is 6.75. The van der Waals surface area contributed by atoms with Crippen LogP contribution in [0.25, 0.3) is 0 Å². The Morgan fingerprint density at radius 1 is 0.838 bits per heavy atom. The molecule has 3 aromatic rings. The maximum atomic E-state index is 13.9. The molecule has 2 amide bonds. The number of amides is 2. The number of carbonyl (C=O) groups is 2. The molecule has 3 aromatic carbocycles. The van der Waals surface area contributed by atoms with Crippen LogP contribution in [0.15, 0.2) is 72.8 Å². The summed E-state index contributed by atoms with van der Waals surface area (Å²) in [5, 5.41) is 1.70. The quantitative estimate of drug-likeness (QED) is 0.280. The molecule has 0 aromatic heterocycles. The van der Waals surface area contributed by atoms with Crippen molar-refractivity contribution in [1.29, 1.82) is 0 Å². The highest BCUT2D eigenvalue weighted by Crippen LogP contribution is 2.48. The zero-order chi connectivity index (χ0) is 25.9. The Morgan fingerprint density at radius 2 is 1.62 bits per heavy atom. The van der Waals surface area contributed by atoms with Gasteiger partial charge in [-0.25, -0.2) is 9.96 Å². The molecule has 5 rings (SSSR count). The number of fused-ring (bicyclic) bond motifs is 1. The van der Waals surface area contributed by atoms with Gasteiger partial charge in [-0.2, -0.15) is 0 Å². The molecule has 2 aliphatic rings. The van der Waals surface area contributed by atoms with Crippen LogP contribution in [0.1, 0.15) is 43.9 Å². The predicted molar refractivity (Wildman–Crippen MR) is 142 cm³/mol. The molecular formula is C30H32N2O5. The number of nitrogens with zero attached hydrogens (tertiary/aromatic N) is 2. The van der Waals surface area contributed by atoms with Crippen molar-refractivity contribution in [3.63, 3.8) is 0 Å². The number of unbranched alkanes of at least 4 members (excludes halogenated alkanes) is 1. The molecule has 7 nitrogen and oxygen atoms in total. The van der Waals surface area contributed by atoms with Gasteiger partial charge in [-0.15, -0.1) is 0 Å². The number of aryl methyl sites for hydroxylation is 1. The van der Waals surface area contributed by atoms with Crippen molar-refractivity contribution < 1.29 is 23.9 Å². The van der Waals surface area contributed by atoms with E-state index in [4.69, 9.17) is 14.3 Å². The zero-order valence-electron chi connectivity index (χ0n) is 21.4. The van der Waals surface area contributed by atoms with Crippen molar-refractivity contribution in [3.8, 4) is 11.5 Å². The van der Waals surface area contributed by atoms with Crippen molar-refractivity contribution in [2.75, 3.05) is 23.2 Å². The van der Waals surface area contributed by atoms with E-state index in [-0.39, 0.29) is 11.8 Å². The molecule has 37 heavy (non-hydrogen) atoms. The largest absolute Gasteiger partial charge is 0.490 e. The predicted octanol–water partition coefficient (Wildman–Crippen LogP) is 5.62. The molecule has 0 radical (unpaired) electrons. The van der Waals surface area contributed by atoms with Crippen LogP contribution in [0.3, 0.4) is 0 Å². The minimum Gasteiger partial charge on any atom is -0.490 e. The van der Waals surface area contributed by atoms with Crippen LogP contribution in [0.2, 0.25) is 0 Å². The van der Waals surface area contributed by atoms with Crippen molar-refractivity contribution in [3.05, 3.63) is 83.9 Å². The molecule has 192 valence electrons. The van der Waals surface area contributed by atoms with Crippen LogP contribution < -0.4 is 19.4 Å². The highest BCUT2D eigenvalue weighted by molar-refractivity contribution is 6.24. The number of carbonyl (C=O) groups excluding carboxylic acids is 2. The van der Waals surface area contributed by atoms with Gasteiger partial charge in [-0.3, -0.25) is 14.4 Å². The first-order chi connectivity index (χ1) is 18.0. The van der Waals surface area contributed by atoms with E-state index in [9.17, 15) is 9.59 Å². The van der Waals surface area contributed by atoms with E-state index in [2.05, 4.69) is 6.92 Å². The van der Waals surface area contributed by atoms with Gasteiger partial charge in [0.15, 0.2) is 17.6 Å². The van der Waals surface area contributed by atoms with Gasteiger partial charge in [0.2, 0.25) is 5.91 Å². The highest BCUT2D eigenvalue weighted by Gasteiger charge is 2.60. The molecule has 0 aliphatic carbocycles. The summed E-state index contributed by atoms with van der Waals surface area (Å²) < 4.78 is 11.9. The van der Waals surface area contributed by atoms with Crippen molar-refractivity contribution in [1.82, 2.24) is 0 Å². The summed E-state index contributed by atoms with van der Waals surface area (Å²) in [7, 11) is 0. The third-order valence-electron chi connectivity index (χ3n) is 6.75. The van der Waals surface area contributed by atoms with Gasteiger partial charge in [-0.1, -0.05) is 49.7 Å². The van der Waals surface area contributed by atoms with E-state index in [0.29, 0.717) is 30.4 Å². The van der Waals surface area contributed by atoms with Gasteiger partial charge in [0.05, 0.1) is 30.6 Å². The standard InChI is InChI=1S/C30H32N2O5/c1-4-6-17-36-24-16-15-21(19-25(24)35-5-2)27-26-28(37-32(27)22-12-8-7-9-13-22)30(34)31(29(26)33)23-14-10-11-20(3)18-23/h7-16,18-19,26-28H,4-6,17H2,1-3H3/t26-,27+,28+/m0/s1. The Hall–Kier alpha value is -3.84. The lowest BCUT2D eigenvalue weighted by molar-refractivity contribution is -0.126. The van der Waals surface area contributed by atoms with Gasteiger partial charge >= 0.3 is 0 Å². The summed E-state index contributed by atoms with van der Waals surface area (Å²) in [4.78, 5) is 34.9. The van der Waals surface area contributed by atoms with Crippen LogP contribution in [-0.2, 0) is 14.4 Å². The second kappa shape index (κ2) is 10.6. The third kappa shape index (κ3) is 4.67. The summed E-state index contributed by atoms with van der Waals surface area (Å²) >= 11 is 0. The number of ether oxygens (including phenoxy) is 2. The molecule has 2 aliphatic heterocycles. The Labute approximate surface area is 217 Å². The SMILES string of the molecule is CCCCOc1ccc([C@@H]2[C@@H]3C(=O)N(c4cccc(C)c4)C(=O)[C@@H]3ON2c2ccccc2)cc1OCC. The first-order valence-electron chi connectivity index (χ1n) is 12.9. The number of imide groups is 1. The van der Waals surface area contributed by atoms with Gasteiger partial charge in [0.1, 0.15) is 5.92 Å². The maximum absolute atomic E-state index is 13.9. The second-order valence-corrected chi connectivity index (χ2v) is 9.35. The summed E-state index contributed by atoms with van der Waals surface area (Å²) in [6.07, 6.45) is 1.06. The minimum atomic E-state index is -0.922. The fourth-order valence-electron chi connectivity index (χ4n) is 5.00. The van der Waals surface area contributed by atoms with Crippen LogP contribution in [0, 0.1) is 12.8 Å². The maximum Gasteiger partial charge on any atom is 0.266 e. The number of benzene rings is 3. The van der Waals surface area contributed by atoms with Crippen LogP contribution in [0.4, 0.5) is 11.4 Å². The monoisotopic (exact) mass is 500 g/mol. The molecule has 0 unspecified atom stereocenters. The Bertz CT molecular complexity index is 1280. The molecule has 0 saturated carbocycles. The lowest BCUT2D eigenvalue weighted by atomic mass is 9.90. The highest BCUT2D eigenvalue weighted by atomic mass is 16.7. The normalized spacial score (nSPS) is 20.9. The van der Waals surface area contributed by atoms with E-state index < -0.39 is 18.1 Å². The average molecular weight is 501 g/mol. The molecule has 0 spiro atoms. The van der Waals surface area contributed by atoms with Gasteiger partial charge in [0.25, 0.3) is 5.91 Å². The Balaban J connectivity index is 1.55. The number of hydrogen-bond acceptors (Lipinski definition) is 6. The van der Waals surface area contributed by atoms with Crippen molar-refractivity contribution >= 4 is 23.2 Å². The Kier molecular flexibility index (Phi) is 7.15. The van der Waals surface area contributed by atoms with Crippen molar-refractivity contribution in [2.45, 2.75) is 45.8 Å². The van der Waals surface area contributed by atoms with Gasteiger partial charge < -0.3 is 9.47 Å². The van der Waals surface area contributed by atoms with Crippen LogP contribution in [0.5, 0.6) is 11.5 Å². The number of para-hydroxylation sites is 1. The fraction of sp³-hybridized carbons (Fsp3) is 0.333. The molecule has 3 atom stereocenters. The van der Waals surface area contributed by atoms with E-state index in [1.54, 1.807) is 11.1 Å². The van der Waals surface area contributed by atoms with Crippen LogP contribution >= 0.6 is 0 Å². The van der Waals surface area contributed by atoms with E-state index in [0.717, 1.165) is 29.7 Å². The molecule has 0 bridgehead atoms. The van der Waals surface area contributed by atoms with Gasteiger partial charge in [0, 0.05) is 0 Å². The fourth-order valence-corrected chi connectivity index (χ4v) is 5.00. The first-order valence-corrected chi connectivity index (χ1v) is 12.9. The smallest absolute Gasteiger partial charge is 0.266 e. The Morgan fingerprint density at radius 3 is 2.35 bits per heavy atom. The molecule has 0 N–H and O–H groups in total. The average Bonchev–Trinajstić information content (AvgIpc) is 3.41. The molecule has 7 heteroatoms. The summed E-state index contributed by atoms with van der Waals surface area (Å²) in [6.45, 7) is 7.05. The number of hydroxylamine groups is 1. The van der Waals surface area contributed by atoms with Gasteiger partial charge in [-0.05, 0) is 67.8 Å². The number of hydrogen-bond donors (Lipinski definition) is 0. The summed E-state index contributed by atoms with van der Waals surface area (Å²) in [5.41, 5.74) is 3.12. The zero-order valence-corrected chi connectivity index (χ0v) is 21.4. The van der Waals surface area contributed by atoms with Crippen molar-refractivity contribution in [2.24, 2.45) is 5.92 Å². The molecule has 2 heterocycles. The minimum absolute atomic E-state index is 0.273. The number of rotatable bonds is 9. The summed E-state index contributed by atoms with van der Waals surface area (Å²) in [5.74, 6) is -0.0655. The van der Waals surface area contributed by atoms with Crippen LogP contribution in [-0.4, -0.2) is 31.1 Å². The lowest BCUT2D eigenvalue weighted by Gasteiger charge is -2.29. The topological polar surface area (TPSA) is 68.3 Å². The second-order valence-electron chi connectivity index (χ2n) is 9.35. The first kappa shape index (κ1) is 24.8. The summed E-state index contributed by atoms with van der Waals surface area (Å²) in [6, 6.07) is 22.2. The number of anilines is 2.